The van der Waals surface area contributed by atoms with Crippen molar-refractivity contribution >= 4 is 11.6 Å². The Bertz CT molecular complexity index is 548. The molecule has 4 heteroatoms. The zero-order chi connectivity index (χ0) is 15.2. The first-order valence-corrected chi connectivity index (χ1v) is 7.64. The van der Waals surface area contributed by atoms with Gasteiger partial charge in [-0.3, -0.25) is 4.90 Å². The van der Waals surface area contributed by atoms with E-state index >= 15 is 0 Å². The maximum absolute atomic E-state index is 5.90. The van der Waals surface area contributed by atoms with Gasteiger partial charge in [0, 0.05) is 17.6 Å². The zero-order valence-corrected chi connectivity index (χ0v) is 13.7. The number of furan rings is 1. The third-order valence-electron chi connectivity index (χ3n) is 3.19. The molecule has 0 bridgehead atoms. The maximum Gasteiger partial charge on any atom is 0.118 e. The summed E-state index contributed by atoms with van der Waals surface area (Å²) >= 11 is 5.90. The fourth-order valence-electron chi connectivity index (χ4n) is 2.13. The molecular formula is C17H23ClN2O. The van der Waals surface area contributed by atoms with E-state index in [1.54, 1.807) is 0 Å². The summed E-state index contributed by atoms with van der Waals surface area (Å²) in [7, 11) is 2.09. The second kappa shape index (κ2) is 7.64. The normalized spacial score (nSPS) is 11.5. The van der Waals surface area contributed by atoms with E-state index in [-0.39, 0.29) is 0 Å². The van der Waals surface area contributed by atoms with Crippen LogP contribution in [0, 0.1) is 0 Å². The molecule has 0 fully saturated rings. The van der Waals surface area contributed by atoms with Gasteiger partial charge in [-0.25, -0.2) is 0 Å². The molecule has 1 aromatic carbocycles. The minimum absolute atomic E-state index is 0.464. The molecule has 114 valence electrons. The Kier molecular flexibility index (Phi) is 5.85. The number of hydrogen-bond acceptors (Lipinski definition) is 3. The van der Waals surface area contributed by atoms with Crippen molar-refractivity contribution in [3.8, 4) is 0 Å². The number of benzene rings is 1. The van der Waals surface area contributed by atoms with Crippen LogP contribution < -0.4 is 5.32 Å². The lowest BCUT2D eigenvalue weighted by molar-refractivity contribution is 0.282. The summed E-state index contributed by atoms with van der Waals surface area (Å²) < 4.78 is 5.84. The summed E-state index contributed by atoms with van der Waals surface area (Å²) in [6.07, 6.45) is 0. The molecule has 1 heterocycles. The minimum atomic E-state index is 0.464. The smallest absolute Gasteiger partial charge is 0.118 e. The van der Waals surface area contributed by atoms with Crippen molar-refractivity contribution in [2.24, 2.45) is 0 Å². The predicted octanol–water partition coefficient (Wildman–Crippen LogP) is 4.06. The highest BCUT2D eigenvalue weighted by molar-refractivity contribution is 6.30. The molecule has 0 aliphatic carbocycles. The van der Waals surface area contributed by atoms with Crippen LogP contribution in [0.3, 0.4) is 0 Å². The van der Waals surface area contributed by atoms with E-state index < -0.39 is 0 Å². The molecule has 0 spiro atoms. The average molecular weight is 307 g/mol. The second-order valence-corrected chi connectivity index (χ2v) is 6.14. The second-order valence-electron chi connectivity index (χ2n) is 5.70. The van der Waals surface area contributed by atoms with Gasteiger partial charge in [-0.15, -0.1) is 0 Å². The Balaban J connectivity index is 1.84. The third-order valence-corrected chi connectivity index (χ3v) is 3.45. The third kappa shape index (κ3) is 5.54. The molecule has 0 amide bonds. The fourth-order valence-corrected chi connectivity index (χ4v) is 2.26. The lowest BCUT2D eigenvalue weighted by Gasteiger charge is -2.15. The number of nitrogens with zero attached hydrogens (tertiary/aromatic N) is 1. The molecule has 1 aromatic heterocycles. The molecule has 2 aromatic rings. The molecule has 21 heavy (non-hydrogen) atoms. The first-order valence-electron chi connectivity index (χ1n) is 7.27. The highest BCUT2D eigenvalue weighted by Crippen LogP contribution is 2.14. The SMILES string of the molecule is CC(C)NCc1ccc(CN(C)Cc2ccc(Cl)cc2)o1. The first kappa shape index (κ1) is 16.1. The van der Waals surface area contributed by atoms with Gasteiger partial charge in [0.25, 0.3) is 0 Å². The van der Waals surface area contributed by atoms with Crippen LogP contribution in [0.5, 0.6) is 0 Å². The molecule has 0 aliphatic heterocycles. The number of halogens is 1. The Hall–Kier alpha value is -1.29. The largest absolute Gasteiger partial charge is 0.463 e. The molecule has 0 aliphatic rings. The van der Waals surface area contributed by atoms with E-state index in [9.17, 15) is 0 Å². The van der Waals surface area contributed by atoms with Gasteiger partial charge in [-0.2, -0.15) is 0 Å². The van der Waals surface area contributed by atoms with E-state index in [0.29, 0.717) is 6.04 Å². The standard InChI is InChI=1S/C17H23ClN2O/c1-13(2)19-10-16-8-9-17(21-16)12-20(3)11-14-4-6-15(18)7-5-14/h4-9,13,19H,10-12H2,1-3H3. The van der Waals surface area contributed by atoms with E-state index in [1.165, 1.54) is 5.56 Å². The van der Waals surface area contributed by atoms with Crippen molar-refractivity contribution in [1.29, 1.82) is 0 Å². The van der Waals surface area contributed by atoms with Crippen LogP contribution in [0.25, 0.3) is 0 Å². The Labute approximate surface area is 131 Å². The zero-order valence-electron chi connectivity index (χ0n) is 12.9. The number of rotatable bonds is 7. The summed E-state index contributed by atoms with van der Waals surface area (Å²) in [5.41, 5.74) is 1.25. The van der Waals surface area contributed by atoms with Gasteiger partial charge in [0.05, 0.1) is 13.1 Å². The van der Waals surface area contributed by atoms with Gasteiger partial charge in [-0.1, -0.05) is 37.6 Å². The highest BCUT2D eigenvalue weighted by atomic mass is 35.5. The summed E-state index contributed by atoms with van der Waals surface area (Å²) in [5.74, 6) is 1.98. The quantitative estimate of drug-likeness (QED) is 0.836. The number of hydrogen-bond donors (Lipinski definition) is 1. The van der Waals surface area contributed by atoms with Crippen LogP contribution >= 0.6 is 11.6 Å². The maximum atomic E-state index is 5.90. The first-order chi connectivity index (χ1) is 10.0. The Morgan fingerprint density at radius 2 is 1.71 bits per heavy atom. The minimum Gasteiger partial charge on any atom is -0.463 e. The molecule has 0 saturated heterocycles. The molecule has 0 radical (unpaired) electrons. The summed E-state index contributed by atoms with van der Waals surface area (Å²) in [4.78, 5) is 2.22. The van der Waals surface area contributed by atoms with Crippen LogP contribution in [-0.2, 0) is 19.6 Å². The van der Waals surface area contributed by atoms with Crippen LogP contribution in [-0.4, -0.2) is 18.0 Å². The fraction of sp³-hybridized carbons (Fsp3) is 0.412. The van der Waals surface area contributed by atoms with Crippen molar-refractivity contribution in [1.82, 2.24) is 10.2 Å². The van der Waals surface area contributed by atoms with Gasteiger partial charge < -0.3 is 9.73 Å². The van der Waals surface area contributed by atoms with Crippen molar-refractivity contribution in [3.63, 3.8) is 0 Å². The van der Waals surface area contributed by atoms with Crippen LogP contribution in [0.2, 0.25) is 5.02 Å². The lowest BCUT2D eigenvalue weighted by Crippen LogP contribution is -2.21. The van der Waals surface area contributed by atoms with Crippen molar-refractivity contribution in [2.45, 2.75) is 39.5 Å². The molecule has 0 atom stereocenters. The molecule has 0 saturated carbocycles. The monoisotopic (exact) mass is 306 g/mol. The van der Waals surface area contributed by atoms with Crippen molar-refractivity contribution < 1.29 is 4.42 Å². The van der Waals surface area contributed by atoms with Gasteiger partial charge in [0.15, 0.2) is 0 Å². The van der Waals surface area contributed by atoms with Crippen LogP contribution in [0.4, 0.5) is 0 Å². The van der Waals surface area contributed by atoms with Crippen LogP contribution in [0.15, 0.2) is 40.8 Å². The van der Waals surface area contributed by atoms with Crippen molar-refractivity contribution in [3.05, 3.63) is 58.5 Å². The molecule has 3 nitrogen and oxygen atoms in total. The Morgan fingerprint density at radius 1 is 1.05 bits per heavy atom. The molecule has 2 rings (SSSR count). The average Bonchev–Trinajstić information content (AvgIpc) is 2.86. The van der Waals surface area contributed by atoms with Crippen LogP contribution in [0.1, 0.15) is 30.9 Å². The van der Waals surface area contributed by atoms with Gasteiger partial charge >= 0.3 is 0 Å². The van der Waals surface area contributed by atoms with Gasteiger partial charge in [0.1, 0.15) is 11.5 Å². The lowest BCUT2D eigenvalue weighted by atomic mass is 10.2. The Morgan fingerprint density at radius 3 is 2.38 bits per heavy atom. The predicted molar refractivity (Wildman–Crippen MR) is 87.3 cm³/mol. The number of nitrogens with one attached hydrogen (secondary N) is 1. The van der Waals surface area contributed by atoms with Gasteiger partial charge in [-0.05, 0) is 36.9 Å². The topological polar surface area (TPSA) is 28.4 Å². The summed E-state index contributed by atoms with van der Waals surface area (Å²) in [6.45, 7) is 6.70. The highest BCUT2D eigenvalue weighted by Gasteiger charge is 2.07. The molecule has 1 N–H and O–H groups in total. The summed E-state index contributed by atoms with van der Waals surface area (Å²) in [5, 5.41) is 4.13. The molecular weight excluding hydrogens is 284 g/mol. The van der Waals surface area contributed by atoms with E-state index in [4.69, 9.17) is 16.0 Å². The van der Waals surface area contributed by atoms with E-state index in [1.807, 2.05) is 18.2 Å². The summed E-state index contributed by atoms with van der Waals surface area (Å²) in [6, 6.07) is 12.5. The van der Waals surface area contributed by atoms with Crippen molar-refractivity contribution in [2.75, 3.05) is 7.05 Å². The van der Waals surface area contributed by atoms with Gasteiger partial charge in [0.2, 0.25) is 0 Å². The van der Waals surface area contributed by atoms with E-state index in [0.717, 1.165) is 36.2 Å². The van der Waals surface area contributed by atoms with E-state index in [2.05, 4.69) is 49.3 Å². The molecule has 0 unspecified atom stereocenters.